The lowest BCUT2D eigenvalue weighted by Gasteiger charge is -2.09. The summed E-state index contributed by atoms with van der Waals surface area (Å²) >= 11 is 19.3. The van der Waals surface area contributed by atoms with Crippen LogP contribution in [0.25, 0.3) is 5.69 Å². The van der Waals surface area contributed by atoms with Crippen molar-refractivity contribution in [1.29, 1.82) is 0 Å². The van der Waals surface area contributed by atoms with Gasteiger partial charge in [-0.15, -0.1) is 5.10 Å². The number of nitrogens with one attached hydrogen (secondary N) is 1. The van der Waals surface area contributed by atoms with Gasteiger partial charge < -0.3 is 5.32 Å². The molecule has 0 saturated carbocycles. The average Bonchev–Trinajstić information content (AvgIpc) is 3.11. The molecule has 0 atom stereocenters. The van der Waals surface area contributed by atoms with Gasteiger partial charge in [0.25, 0.3) is 0 Å². The lowest BCUT2D eigenvalue weighted by molar-refractivity contribution is -0.113. The number of halogens is 3. The standard InChI is InChI=1S/C15H11Cl3N6O3S2/c16-9-2-1-3-12(14(9)18)24-15(21-22-23-24)28-7-13(25)20-11-5-4-8(6-10(11)17)29(19,26)27/h1-6H,7H2,(H,20,25)(H2,19,26,27). The first-order valence-corrected chi connectivity index (χ1v) is 11.3. The van der Waals surface area contributed by atoms with Crippen molar-refractivity contribution in [3.8, 4) is 5.69 Å². The van der Waals surface area contributed by atoms with Crippen LogP contribution in [-0.4, -0.2) is 40.3 Å². The highest BCUT2D eigenvalue weighted by atomic mass is 35.5. The third kappa shape index (κ3) is 5.18. The predicted molar refractivity (Wildman–Crippen MR) is 111 cm³/mol. The van der Waals surface area contributed by atoms with Gasteiger partial charge in [0.2, 0.25) is 21.1 Å². The molecule has 1 amide bonds. The number of nitrogens with two attached hydrogens (primary N) is 1. The first kappa shape index (κ1) is 21.8. The average molecular weight is 494 g/mol. The Labute approximate surface area is 184 Å². The van der Waals surface area contributed by atoms with Crippen molar-refractivity contribution in [2.24, 2.45) is 5.14 Å². The number of sulfonamides is 1. The summed E-state index contributed by atoms with van der Waals surface area (Å²) < 4.78 is 24.0. The highest BCUT2D eigenvalue weighted by Gasteiger charge is 2.16. The van der Waals surface area contributed by atoms with Gasteiger partial charge in [-0.05, 0) is 40.8 Å². The van der Waals surface area contributed by atoms with Crippen LogP contribution in [0.4, 0.5) is 5.69 Å². The quantitative estimate of drug-likeness (QED) is 0.504. The molecule has 9 nitrogen and oxygen atoms in total. The van der Waals surface area contributed by atoms with E-state index < -0.39 is 15.9 Å². The van der Waals surface area contributed by atoms with Gasteiger partial charge in [-0.1, -0.05) is 52.6 Å². The van der Waals surface area contributed by atoms with Gasteiger partial charge in [-0.2, -0.15) is 4.68 Å². The number of anilines is 1. The number of tetrazole rings is 1. The molecule has 0 aliphatic carbocycles. The van der Waals surface area contributed by atoms with Crippen LogP contribution >= 0.6 is 46.6 Å². The summed E-state index contributed by atoms with van der Waals surface area (Å²) in [6.45, 7) is 0. The zero-order valence-electron chi connectivity index (χ0n) is 14.2. The lowest BCUT2D eigenvalue weighted by Crippen LogP contribution is -2.16. The lowest BCUT2D eigenvalue weighted by atomic mass is 10.3. The second-order valence-electron chi connectivity index (χ2n) is 5.47. The van der Waals surface area contributed by atoms with E-state index in [2.05, 4.69) is 20.8 Å². The zero-order chi connectivity index (χ0) is 21.2. The van der Waals surface area contributed by atoms with E-state index in [1.54, 1.807) is 18.2 Å². The summed E-state index contributed by atoms with van der Waals surface area (Å²) in [6.07, 6.45) is 0. The predicted octanol–water partition coefficient (Wildman–Crippen LogP) is 3.00. The highest BCUT2D eigenvalue weighted by Crippen LogP contribution is 2.30. The fourth-order valence-electron chi connectivity index (χ4n) is 2.17. The van der Waals surface area contributed by atoms with Gasteiger partial charge in [0, 0.05) is 0 Å². The van der Waals surface area contributed by atoms with Crippen LogP contribution in [-0.2, 0) is 14.8 Å². The third-order valence-corrected chi connectivity index (χ3v) is 6.43. The fourth-order valence-corrected chi connectivity index (χ4v) is 4.06. The molecular weight excluding hydrogens is 483 g/mol. The van der Waals surface area contributed by atoms with Gasteiger partial charge in [-0.25, -0.2) is 13.6 Å². The molecular formula is C15H11Cl3N6O3S2. The maximum Gasteiger partial charge on any atom is 0.238 e. The van der Waals surface area contributed by atoms with Crippen molar-refractivity contribution in [3.05, 3.63) is 51.5 Å². The van der Waals surface area contributed by atoms with Crippen molar-refractivity contribution in [1.82, 2.24) is 20.2 Å². The second kappa shape index (κ2) is 8.86. The van der Waals surface area contributed by atoms with Crippen LogP contribution in [0.1, 0.15) is 0 Å². The molecule has 0 unspecified atom stereocenters. The Balaban J connectivity index is 1.70. The van der Waals surface area contributed by atoms with Gasteiger partial charge in [0.1, 0.15) is 0 Å². The van der Waals surface area contributed by atoms with E-state index in [9.17, 15) is 13.2 Å². The van der Waals surface area contributed by atoms with Crippen LogP contribution < -0.4 is 10.5 Å². The Hall–Kier alpha value is -1.89. The van der Waals surface area contributed by atoms with Crippen molar-refractivity contribution >= 4 is 68.2 Å². The number of hydrogen-bond donors (Lipinski definition) is 2. The molecule has 2 aromatic carbocycles. The van der Waals surface area contributed by atoms with Crippen LogP contribution in [0.3, 0.4) is 0 Å². The number of benzene rings is 2. The van der Waals surface area contributed by atoms with Crippen molar-refractivity contribution in [2.75, 3.05) is 11.1 Å². The van der Waals surface area contributed by atoms with Crippen molar-refractivity contribution in [2.45, 2.75) is 10.1 Å². The maximum absolute atomic E-state index is 12.3. The monoisotopic (exact) mass is 492 g/mol. The minimum Gasteiger partial charge on any atom is -0.324 e. The molecule has 3 aromatic rings. The van der Waals surface area contributed by atoms with Crippen molar-refractivity contribution < 1.29 is 13.2 Å². The number of hydrogen-bond acceptors (Lipinski definition) is 7. The molecule has 3 N–H and O–H groups in total. The molecule has 0 bridgehead atoms. The Morgan fingerprint density at radius 1 is 1.17 bits per heavy atom. The summed E-state index contributed by atoms with van der Waals surface area (Å²) in [6, 6.07) is 8.75. The number of rotatable bonds is 6. The third-order valence-electron chi connectivity index (χ3n) is 3.48. The molecule has 0 fully saturated rings. The molecule has 152 valence electrons. The van der Waals surface area contributed by atoms with E-state index in [1.807, 2.05) is 0 Å². The minimum atomic E-state index is -3.89. The van der Waals surface area contributed by atoms with Gasteiger partial charge in [-0.3, -0.25) is 4.79 Å². The van der Waals surface area contributed by atoms with E-state index in [4.69, 9.17) is 39.9 Å². The first-order valence-electron chi connectivity index (χ1n) is 7.64. The number of carbonyl (C=O) groups excluding carboxylic acids is 1. The summed E-state index contributed by atoms with van der Waals surface area (Å²) in [4.78, 5) is 12.1. The Bertz CT molecular complexity index is 1190. The molecule has 0 aliphatic rings. The Morgan fingerprint density at radius 2 is 1.93 bits per heavy atom. The van der Waals surface area contributed by atoms with Gasteiger partial charge in [0.05, 0.1) is 37.1 Å². The topological polar surface area (TPSA) is 133 Å². The molecule has 0 spiro atoms. The van der Waals surface area contributed by atoms with Crippen LogP contribution in [0, 0.1) is 0 Å². The SMILES string of the molecule is NS(=O)(=O)c1ccc(NC(=O)CSc2nnnn2-c2cccc(Cl)c2Cl)c(Cl)c1. The zero-order valence-corrected chi connectivity index (χ0v) is 18.1. The largest absolute Gasteiger partial charge is 0.324 e. The molecule has 29 heavy (non-hydrogen) atoms. The van der Waals surface area contributed by atoms with Crippen LogP contribution in [0.15, 0.2) is 46.5 Å². The molecule has 0 radical (unpaired) electrons. The maximum atomic E-state index is 12.3. The molecule has 1 heterocycles. The molecule has 14 heteroatoms. The number of carbonyl (C=O) groups is 1. The molecule has 0 saturated heterocycles. The van der Waals surface area contributed by atoms with Crippen LogP contribution in [0.5, 0.6) is 0 Å². The normalized spacial score (nSPS) is 11.4. The number of aromatic nitrogens is 4. The summed E-state index contributed by atoms with van der Waals surface area (Å²) in [5.74, 6) is -0.460. The van der Waals surface area contributed by atoms with Crippen LogP contribution in [0.2, 0.25) is 15.1 Å². The highest BCUT2D eigenvalue weighted by molar-refractivity contribution is 7.99. The molecule has 1 aromatic heterocycles. The van der Waals surface area contributed by atoms with E-state index in [0.717, 1.165) is 17.8 Å². The van der Waals surface area contributed by atoms with E-state index >= 15 is 0 Å². The number of primary sulfonamides is 1. The number of amides is 1. The first-order chi connectivity index (χ1) is 13.7. The Kier molecular flexibility index (Phi) is 6.66. The van der Waals surface area contributed by atoms with E-state index in [0.29, 0.717) is 15.9 Å². The number of thioether (sulfide) groups is 1. The van der Waals surface area contributed by atoms with E-state index in [-0.39, 0.29) is 26.4 Å². The fraction of sp³-hybridized carbons (Fsp3) is 0.0667. The summed E-state index contributed by atoms with van der Waals surface area (Å²) in [5, 5.41) is 19.9. The Morgan fingerprint density at radius 3 is 2.62 bits per heavy atom. The molecule has 3 rings (SSSR count). The van der Waals surface area contributed by atoms with Gasteiger partial charge in [0.15, 0.2) is 0 Å². The minimum absolute atomic E-state index is 0.0328. The summed E-state index contributed by atoms with van der Waals surface area (Å²) in [7, 11) is -3.89. The smallest absolute Gasteiger partial charge is 0.238 e. The van der Waals surface area contributed by atoms with Gasteiger partial charge >= 0.3 is 0 Å². The van der Waals surface area contributed by atoms with Crippen molar-refractivity contribution in [3.63, 3.8) is 0 Å². The second-order valence-corrected chi connectivity index (χ2v) is 9.17. The number of nitrogens with zero attached hydrogens (tertiary/aromatic N) is 4. The summed E-state index contributed by atoms with van der Waals surface area (Å²) in [5.41, 5.74) is 0.704. The molecule has 0 aliphatic heterocycles. The van der Waals surface area contributed by atoms with E-state index in [1.165, 1.54) is 16.8 Å².